The highest BCUT2D eigenvalue weighted by atomic mass is 32.2. The van der Waals surface area contributed by atoms with Crippen molar-refractivity contribution in [1.29, 1.82) is 0 Å². The molecule has 0 aromatic heterocycles. The predicted octanol–water partition coefficient (Wildman–Crippen LogP) is 3.84. The molecule has 248 valence electrons. The first-order chi connectivity index (χ1) is 22.2. The number of anilines is 1. The molecule has 0 unspecified atom stereocenters. The molecule has 0 bridgehead atoms. The van der Waals surface area contributed by atoms with Gasteiger partial charge >= 0.3 is 0 Å². The number of sulfonamides is 1. The molecular weight excluding hydrogens is 618 g/mol. The summed E-state index contributed by atoms with van der Waals surface area (Å²) in [6.45, 7) is 1.53. The molecule has 14 heteroatoms. The normalized spacial score (nSPS) is 19.4. The lowest BCUT2D eigenvalue weighted by atomic mass is 10.2. The van der Waals surface area contributed by atoms with Crippen molar-refractivity contribution in [2.24, 2.45) is 11.8 Å². The molecule has 1 saturated heterocycles. The Morgan fingerprint density at radius 1 is 0.978 bits per heavy atom. The lowest BCUT2D eigenvalue weighted by Gasteiger charge is -2.25. The maximum absolute atomic E-state index is 14.4. The molecule has 1 aliphatic heterocycles. The highest BCUT2D eigenvalue weighted by Gasteiger charge is 2.38. The van der Waals surface area contributed by atoms with Gasteiger partial charge in [-0.2, -0.15) is 4.31 Å². The van der Waals surface area contributed by atoms with Gasteiger partial charge in [-0.15, -0.1) is 0 Å². The highest BCUT2D eigenvalue weighted by molar-refractivity contribution is 7.89. The Bertz CT molecular complexity index is 1530. The predicted molar refractivity (Wildman–Crippen MR) is 169 cm³/mol. The maximum atomic E-state index is 14.4. The average molecular weight is 658 g/mol. The number of hydrogen-bond donors (Lipinski definition) is 2. The monoisotopic (exact) mass is 657 g/mol. The zero-order valence-corrected chi connectivity index (χ0v) is 26.6. The first kappa shape index (κ1) is 33.4. The zero-order chi connectivity index (χ0) is 32.7. The number of aliphatic hydroxyl groups is 1. The number of nitro groups is 1. The molecule has 5 rings (SSSR count). The van der Waals surface area contributed by atoms with Gasteiger partial charge in [0.05, 0.1) is 56.6 Å². The fourth-order valence-corrected chi connectivity index (χ4v) is 6.66. The Morgan fingerprint density at radius 3 is 2.11 bits per heavy atom. The van der Waals surface area contributed by atoms with Crippen molar-refractivity contribution < 1.29 is 42.1 Å². The van der Waals surface area contributed by atoms with E-state index in [1.807, 2.05) is 0 Å². The van der Waals surface area contributed by atoms with Crippen molar-refractivity contribution in [2.45, 2.75) is 30.5 Å². The van der Waals surface area contributed by atoms with E-state index in [9.17, 15) is 23.6 Å². The molecule has 3 aromatic rings. The molecule has 1 heterocycles. The summed E-state index contributed by atoms with van der Waals surface area (Å²) in [6, 6.07) is 16.4. The summed E-state index contributed by atoms with van der Waals surface area (Å²) in [5.41, 5.74) is 0.994. The summed E-state index contributed by atoms with van der Waals surface area (Å²) in [5, 5.41) is 25.0. The minimum atomic E-state index is -4.32. The zero-order valence-electron chi connectivity index (χ0n) is 25.8. The Morgan fingerprint density at radius 2 is 1.61 bits per heavy atom. The number of rotatable bonds is 16. The van der Waals surface area contributed by atoms with E-state index in [-0.39, 0.29) is 67.1 Å². The first-order valence-electron chi connectivity index (χ1n) is 15.0. The highest BCUT2D eigenvalue weighted by Crippen LogP contribution is 2.42. The standard InChI is InChI=1S/C32H39N3O10S/c1-41-26-7-3-22(4-8-26)17-34(18-23-5-9-27(42-2)10-6-23)46(39,40)29-14-30(35(37)38)32(33-16-28-21-43-11-12-44-28)31(15-29)45-20-25-13-24(25)19-36/h3-10,14-15,24-25,28,33,36H,11-13,16-21H2,1-2H3/t24-,25-,28+/m1/s1. The van der Waals surface area contributed by atoms with Crippen molar-refractivity contribution in [3.63, 3.8) is 0 Å². The van der Waals surface area contributed by atoms with Crippen molar-refractivity contribution in [2.75, 3.05) is 59.1 Å². The van der Waals surface area contributed by atoms with E-state index >= 15 is 0 Å². The molecular formula is C32H39N3O10S. The van der Waals surface area contributed by atoms with Crippen LogP contribution in [0.5, 0.6) is 17.2 Å². The van der Waals surface area contributed by atoms with Crippen LogP contribution in [0.2, 0.25) is 0 Å². The largest absolute Gasteiger partial charge is 0.497 e. The fraction of sp³-hybridized carbons (Fsp3) is 0.438. The van der Waals surface area contributed by atoms with Gasteiger partial charge in [0.15, 0.2) is 11.4 Å². The van der Waals surface area contributed by atoms with Crippen LogP contribution in [0.3, 0.4) is 0 Å². The second kappa shape index (κ2) is 15.1. The fourth-order valence-electron chi connectivity index (χ4n) is 5.21. The molecule has 2 fully saturated rings. The smallest absolute Gasteiger partial charge is 0.297 e. The average Bonchev–Trinajstić information content (AvgIpc) is 3.85. The van der Waals surface area contributed by atoms with Gasteiger partial charge in [0.2, 0.25) is 10.0 Å². The SMILES string of the molecule is COc1ccc(CN(Cc2ccc(OC)cc2)S(=O)(=O)c2cc(OC[C@H]3C[C@@H]3CO)c(NC[C@H]3COCCO3)c([N+](=O)[O-])c2)cc1. The number of ether oxygens (including phenoxy) is 5. The van der Waals surface area contributed by atoms with Crippen molar-refractivity contribution >= 4 is 21.4 Å². The Hall–Kier alpha value is -3.95. The number of nitrogens with zero attached hydrogens (tertiary/aromatic N) is 2. The molecule has 3 atom stereocenters. The molecule has 1 aliphatic carbocycles. The van der Waals surface area contributed by atoms with Crippen molar-refractivity contribution in [1.82, 2.24) is 4.31 Å². The topological polar surface area (TPSA) is 159 Å². The van der Waals surface area contributed by atoms with E-state index in [1.54, 1.807) is 62.8 Å². The minimum Gasteiger partial charge on any atom is -0.497 e. The maximum Gasteiger partial charge on any atom is 0.297 e. The van der Waals surface area contributed by atoms with E-state index < -0.39 is 20.6 Å². The molecule has 2 N–H and O–H groups in total. The third kappa shape index (κ3) is 8.25. The molecule has 3 aromatic carbocycles. The van der Waals surface area contributed by atoms with Gasteiger partial charge in [0.25, 0.3) is 5.69 Å². The Balaban J connectivity index is 1.51. The van der Waals surface area contributed by atoms with E-state index in [0.717, 1.165) is 12.5 Å². The molecule has 1 saturated carbocycles. The quantitative estimate of drug-likeness (QED) is 0.170. The van der Waals surface area contributed by atoms with E-state index in [1.165, 1.54) is 10.4 Å². The summed E-state index contributed by atoms with van der Waals surface area (Å²) in [4.78, 5) is 11.5. The second-order valence-electron chi connectivity index (χ2n) is 11.2. The van der Waals surface area contributed by atoms with Crippen LogP contribution < -0.4 is 19.5 Å². The van der Waals surface area contributed by atoms with Crippen LogP contribution in [0.1, 0.15) is 17.5 Å². The van der Waals surface area contributed by atoms with Gasteiger partial charge in [-0.05, 0) is 53.6 Å². The number of hydrogen-bond acceptors (Lipinski definition) is 11. The van der Waals surface area contributed by atoms with E-state index in [0.29, 0.717) is 42.4 Å². The van der Waals surface area contributed by atoms with Crippen molar-refractivity contribution in [3.8, 4) is 17.2 Å². The van der Waals surface area contributed by atoms with Gasteiger partial charge in [-0.25, -0.2) is 8.42 Å². The van der Waals surface area contributed by atoms with Gasteiger partial charge in [0.1, 0.15) is 11.5 Å². The summed E-state index contributed by atoms with van der Waals surface area (Å²) < 4.78 is 57.7. The van der Waals surface area contributed by atoms with Gasteiger partial charge in [-0.1, -0.05) is 24.3 Å². The van der Waals surface area contributed by atoms with E-state index in [2.05, 4.69) is 5.32 Å². The summed E-state index contributed by atoms with van der Waals surface area (Å²) in [5.74, 6) is 1.42. The van der Waals surface area contributed by atoms with Crippen LogP contribution in [-0.4, -0.2) is 82.7 Å². The van der Waals surface area contributed by atoms with Crippen LogP contribution in [0.15, 0.2) is 65.6 Å². The van der Waals surface area contributed by atoms with Crippen LogP contribution >= 0.6 is 0 Å². The van der Waals surface area contributed by atoms with Crippen LogP contribution in [0.25, 0.3) is 0 Å². The third-order valence-electron chi connectivity index (χ3n) is 8.07. The van der Waals surface area contributed by atoms with Gasteiger partial charge in [0, 0.05) is 38.4 Å². The van der Waals surface area contributed by atoms with Crippen molar-refractivity contribution in [3.05, 3.63) is 81.9 Å². The number of benzene rings is 3. The number of nitrogens with one attached hydrogen (secondary N) is 1. The van der Waals surface area contributed by atoms with Gasteiger partial charge < -0.3 is 34.1 Å². The third-order valence-corrected chi connectivity index (χ3v) is 9.84. The molecule has 0 spiro atoms. The van der Waals surface area contributed by atoms with Crippen LogP contribution in [0.4, 0.5) is 11.4 Å². The molecule has 2 aliphatic rings. The summed E-state index contributed by atoms with van der Waals surface area (Å²) in [7, 11) is -1.23. The minimum absolute atomic E-state index is 0.0123. The van der Waals surface area contributed by atoms with Crippen LogP contribution in [0, 0.1) is 22.0 Å². The number of aliphatic hydroxyl groups excluding tert-OH is 1. The summed E-state index contributed by atoms with van der Waals surface area (Å²) >= 11 is 0. The Kier molecular flexibility index (Phi) is 11.0. The molecule has 46 heavy (non-hydrogen) atoms. The van der Waals surface area contributed by atoms with Gasteiger partial charge in [-0.3, -0.25) is 10.1 Å². The molecule has 0 amide bonds. The lowest BCUT2D eigenvalue weighted by molar-refractivity contribution is -0.384. The first-order valence-corrected chi connectivity index (χ1v) is 16.4. The lowest BCUT2D eigenvalue weighted by Crippen LogP contribution is -2.34. The second-order valence-corrected chi connectivity index (χ2v) is 13.2. The van der Waals surface area contributed by atoms with Crippen LogP contribution in [-0.2, 0) is 32.6 Å². The Labute approximate surface area is 268 Å². The van der Waals surface area contributed by atoms with E-state index in [4.69, 9.17) is 23.7 Å². The molecule has 13 nitrogen and oxygen atoms in total. The summed E-state index contributed by atoms with van der Waals surface area (Å²) in [6.07, 6.45) is 0.403. The number of nitro benzene ring substituents is 1. The number of methoxy groups -OCH3 is 2. The molecule has 0 radical (unpaired) electrons.